The number of benzene rings is 4. The molecule has 1 fully saturated rings. The first kappa shape index (κ1) is 39.8. The topological polar surface area (TPSA) is 131 Å². The van der Waals surface area contributed by atoms with Crippen LogP contribution in [0.15, 0.2) is 115 Å². The molecule has 1 aromatic heterocycles. The van der Waals surface area contributed by atoms with Crippen molar-refractivity contribution in [3.05, 3.63) is 143 Å². The number of nitrogens with zero attached hydrogens (tertiary/aromatic N) is 1. The molecule has 0 radical (unpaired) electrons. The quantitative estimate of drug-likeness (QED) is 0.0940. The number of aromatic hydroxyl groups is 2. The Morgan fingerprint density at radius 3 is 2.48 bits per heavy atom. The molecule has 0 spiro atoms. The maximum Gasteiger partial charge on any atom is 0.161 e. The second-order valence-electron chi connectivity index (χ2n) is 16.3. The third kappa shape index (κ3) is 9.29. The summed E-state index contributed by atoms with van der Waals surface area (Å²) >= 11 is 0. The second kappa shape index (κ2) is 18.2. The maximum atomic E-state index is 11.4. The predicted octanol–water partition coefficient (Wildman–Crippen LogP) is 8.62. The van der Waals surface area contributed by atoms with Crippen LogP contribution in [0, 0.1) is 0 Å². The molecule has 0 amide bonds. The third-order valence-corrected chi connectivity index (χ3v) is 12.3. The Kier molecular flexibility index (Phi) is 12.5. The van der Waals surface area contributed by atoms with Crippen LogP contribution >= 0.6 is 0 Å². The van der Waals surface area contributed by atoms with E-state index in [0.29, 0.717) is 50.6 Å². The average molecular weight is 784 g/mol. The molecule has 3 aliphatic heterocycles. The fraction of sp³-hybridized carbons (Fsp3) is 0.388. The van der Waals surface area contributed by atoms with Gasteiger partial charge in [-0.15, -0.1) is 0 Å². The van der Waals surface area contributed by atoms with E-state index in [0.717, 1.165) is 84.7 Å². The molecule has 4 aromatic carbocycles. The number of phenolic OH excluding ortho intramolecular Hbond substituents is 2. The summed E-state index contributed by atoms with van der Waals surface area (Å²) in [4.78, 5) is 0. The number of dihydropyridines is 1. The predicted molar refractivity (Wildman–Crippen MR) is 229 cm³/mol. The van der Waals surface area contributed by atoms with Gasteiger partial charge in [0, 0.05) is 47.4 Å². The summed E-state index contributed by atoms with van der Waals surface area (Å²) in [6.07, 6.45) is 16.9. The molecule has 0 aliphatic carbocycles. The number of fused-ring (bicyclic) bond motifs is 4. The number of unbranched alkanes of at least 4 members (excludes halogenated alkanes) is 3. The van der Waals surface area contributed by atoms with Gasteiger partial charge in [0.05, 0.1) is 25.0 Å². The Labute approximate surface area is 341 Å². The van der Waals surface area contributed by atoms with Crippen LogP contribution < -0.4 is 15.8 Å². The molecule has 0 saturated carbocycles. The lowest BCUT2D eigenvalue weighted by Crippen LogP contribution is -2.38. The van der Waals surface area contributed by atoms with Gasteiger partial charge in [-0.3, -0.25) is 0 Å². The number of aryl methyl sites for hydroxylation is 2. The summed E-state index contributed by atoms with van der Waals surface area (Å²) < 4.78 is 21.3. The highest BCUT2D eigenvalue weighted by Crippen LogP contribution is 2.43. The summed E-state index contributed by atoms with van der Waals surface area (Å²) in [5.41, 5.74) is 13.0. The van der Waals surface area contributed by atoms with Gasteiger partial charge in [0.1, 0.15) is 18.2 Å². The van der Waals surface area contributed by atoms with Crippen molar-refractivity contribution in [1.29, 1.82) is 0 Å². The summed E-state index contributed by atoms with van der Waals surface area (Å²) in [5.74, 6) is 1.68. The maximum absolute atomic E-state index is 11.4. The Morgan fingerprint density at radius 1 is 0.845 bits per heavy atom. The minimum atomic E-state index is -0.553. The van der Waals surface area contributed by atoms with Gasteiger partial charge in [-0.2, -0.15) is 0 Å². The van der Waals surface area contributed by atoms with E-state index in [1.54, 1.807) is 18.2 Å². The van der Waals surface area contributed by atoms with Crippen molar-refractivity contribution in [2.45, 2.75) is 101 Å². The average Bonchev–Trinajstić information content (AvgIpc) is 3.69. The molecule has 4 bridgehead atoms. The molecule has 1 unspecified atom stereocenters. The number of phenols is 2. The molecule has 1 saturated heterocycles. The lowest BCUT2D eigenvalue weighted by Gasteiger charge is -2.39. The minimum Gasteiger partial charge on any atom is -0.508 e. The first-order valence-corrected chi connectivity index (χ1v) is 21.1. The van der Waals surface area contributed by atoms with Crippen LogP contribution in [-0.2, 0) is 34.3 Å². The number of aliphatic hydroxyl groups excluding tert-OH is 1. The number of hydrogen-bond acceptors (Lipinski definition) is 8. The van der Waals surface area contributed by atoms with Crippen LogP contribution in [0.5, 0.6) is 17.2 Å². The second-order valence-corrected chi connectivity index (χ2v) is 16.3. The van der Waals surface area contributed by atoms with Crippen LogP contribution in [0.25, 0.3) is 16.6 Å². The number of aliphatic hydroxyl groups is 1. The first-order valence-electron chi connectivity index (χ1n) is 21.1. The Hall–Kier alpha value is -5.06. The Morgan fingerprint density at radius 2 is 1.66 bits per heavy atom. The van der Waals surface area contributed by atoms with Crippen LogP contribution in [0.2, 0.25) is 0 Å². The third-order valence-electron chi connectivity index (χ3n) is 12.3. The van der Waals surface area contributed by atoms with E-state index in [4.69, 9.17) is 19.9 Å². The van der Waals surface area contributed by atoms with E-state index < -0.39 is 6.10 Å². The zero-order valence-corrected chi connectivity index (χ0v) is 33.3. The van der Waals surface area contributed by atoms with Gasteiger partial charge >= 0.3 is 0 Å². The Balaban J connectivity index is 1.11. The summed E-state index contributed by atoms with van der Waals surface area (Å²) in [5, 5.41) is 37.6. The van der Waals surface area contributed by atoms with Crippen molar-refractivity contribution < 1.29 is 29.5 Å². The molecule has 304 valence electrons. The van der Waals surface area contributed by atoms with Crippen molar-refractivity contribution in [2.24, 2.45) is 5.73 Å². The van der Waals surface area contributed by atoms with Gasteiger partial charge in [0.25, 0.3) is 0 Å². The van der Waals surface area contributed by atoms with Crippen molar-refractivity contribution in [2.75, 3.05) is 19.8 Å². The lowest BCUT2D eigenvalue weighted by atomic mass is 9.68. The molecular formula is C49H57N3O6. The van der Waals surface area contributed by atoms with Crippen LogP contribution in [0.4, 0.5) is 0 Å². The summed E-state index contributed by atoms with van der Waals surface area (Å²) in [6, 6.07) is 28.4. The number of ether oxygens (including phenoxy) is 3. The molecule has 9 nitrogen and oxygen atoms in total. The standard InChI is InChI=1S/C49H57N3O6/c50-47-21-16-36-32-57-43(11-7-2-1-4-8-34-12-17-41(53)18-13-34)29-42(54)19-14-35-15-20-45(55)46(26-35)58-33-38-28-40(27-37-30-52(31-44(37)38)48(36)51-47)49(22-24-56-25-23-49)39-9-5-3-6-10-39/h3,5-6,9-10,12-13,15-18,20-21,26-28,30-31,42-43,47,51,53-55H,1-2,4,7-8,11,14,19,22-25,29,32-33,50H2/t42-,43+,47?/m1/s1. The summed E-state index contributed by atoms with van der Waals surface area (Å²) in [6.45, 7) is 2.00. The molecule has 58 heavy (non-hydrogen) atoms. The normalized spacial score (nSPS) is 21.2. The van der Waals surface area contributed by atoms with E-state index in [9.17, 15) is 15.3 Å². The zero-order valence-electron chi connectivity index (χ0n) is 33.3. The van der Waals surface area contributed by atoms with Gasteiger partial charge in [0.2, 0.25) is 0 Å². The smallest absolute Gasteiger partial charge is 0.161 e. The summed E-state index contributed by atoms with van der Waals surface area (Å²) in [7, 11) is 0. The monoisotopic (exact) mass is 783 g/mol. The van der Waals surface area contributed by atoms with E-state index >= 15 is 0 Å². The molecule has 3 aliphatic rings. The van der Waals surface area contributed by atoms with Crippen molar-refractivity contribution in [3.8, 4) is 17.2 Å². The van der Waals surface area contributed by atoms with Crippen LogP contribution in [0.1, 0.15) is 85.6 Å². The van der Waals surface area contributed by atoms with Crippen molar-refractivity contribution in [1.82, 2.24) is 9.88 Å². The van der Waals surface area contributed by atoms with Gasteiger partial charge < -0.3 is 45.1 Å². The van der Waals surface area contributed by atoms with Crippen molar-refractivity contribution >= 4 is 16.6 Å². The fourth-order valence-corrected chi connectivity index (χ4v) is 8.96. The molecule has 9 heteroatoms. The van der Waals surface area contributed by atoms with Crippen LogP contribution in [0.3, 0.4) is 0 Å². The highest BCUT2D eigenvalue weighted by atomic mass is 16.5. The van der Waals surface area contributed by atoms with E-state index in [2.05, 4.69) is 70.8 Å². The molecule has 8 rings (SSSR count). The van der Waals surface area contributed by atoms with Gasteiger partial charge in [-0.1, -0.05) is 79.9 Å². The SMILES string of the molecule is NC1C=CC2=C(N1)n1cc3cc(C4(c5ccccc5)CCOCC4)cc(c3c1)COc1cc(ccc1O)CC[C@@H](O)C[C@H](CCCCCCc1ccc(O)cc1)OC2. The van der Waals surface area contributed by atoms with E-state index in [-0.39, 0.29) is 30.0 Å². The van der Waals surface area contributed by atoms with Gasteiger partial charge in [-0.05, 0) is 116 Å². The molecule has 5 aromatic rings. The lowest BCUT2D eigenvalue weighted by molar-refractivity contribution is 0.0171. The largest absolute Gasteiger partial charge is 0.508 e. The molecule has 4 heterocycles. The Bertz CT molecular complexity index is 2210. The van der Waals surface area contributed by atoms with Crippen molar-refractivity contribution in [3.63, 3.8) is 0 Å². The highest BCUT2D eigenvalue weighted by molar-refractivity contribution is 5.88. The first-order chi connectivity index (χ1) is 28.3. The van der Waals surface area contributed by atoms with Gasteiger partial charge in [-0.25, -0.2) is 0 Å². The number of rotatable bonds is 9. The van der Waals surface area contributed by atoms with E-state index in [1.807, 2.05) is 30.3 Å². The number of nitrogens with two attached hydrogens (primary N) is 1. The molecule has 6 N–H and O–H groups in total. The van der Waals surface area contributed by atoms with Gasteiger partial charge in [0.15, 0.2) is 11.5 Å². The number of hydrogen-bond donors (Lipinski definition) is 5. The number of aromatic nitrogens is 1. The fourth-order valence-electron chi connectivity index (χ4n) is 8.96. The molecular weight excluding hydrogens is 727 g/mol. The number of nitrogens with one attached hydrogen (secondary N) is 1. The van der Waals surface area contributed by atoms with E-state index in [1.165, 1.54) is 16.7 Å². The zero-order chi connectivity index (χ0) is 39.9. The molecule has 3 atom stereocenters. The minimum absolute atomic E-state index is 0.0902. The van der Waals surface area contributed by atoms with Crippen LogP contribution in [-0.4, -0.2) is 58.1 Å². The highest BCUT2D eigenvalue weighted by Gasteiger charge is 2.37.